The zero-order valence-corrected chi connectivity index (χ0v) is 15.1. The van der Waals surface area contributed by atoms with E-state index in [0.717, 1.165) is 12.8 Å². The molecule has 0 saturated carbocycles. The zero-order chi connectivity index (χ0) is 19.0. The Hall–Kier alpha value is -3.16. The van der Waals surface area contributed by atoms with E-state index in [9.17, 15) is 9.59 Å². The third-order valence-electron chi connectivity index (χ3n) is 4.66. The summed E-state index contributed by atoms with van der Waals surface area (Å²) in [5, 5.41) is 4.36. The summed E-state index contributed by atoms with van der Waals surface area (Å²) in [4.78, 5) is 31.4. The van der Waals surface area contributed by atoms with E-state index in [1.807, 2.05) is 0 Å². The number of carbonyl (C=O) groups excluding carboxylic acids is 2. The summed E-state index contributed by atoms with van der Waals surface area (Å²) < 4.78 is 16.0. The minimum Gasteiger partial charge on any atom is -0.463 e. The van der Waals surface area contributed by atoms with E-state index < -0.39 is 12.1 Å². The topological polar surface area (TPSA) is 98.7 Å². The number of aromatic nitrogens is 2. The maximum absolute atomic E-state index is 12.8. The monoisotopic (exact) mass is 369 g/mol. The van der Waals surface area contributed by atoms with Crippen molar-refractivity contribution in [2.75, 3.05) is 13.1 Å². The highest BCUT2D eigenvalue weighted by molar-refractivity contribution is 6.04. The molecule has 1 atom stereocenters. The van der Waals surface area contributed by atoms with Crippen LogP contribution in [0.3, 0.4) is 0 Å². The van der Waals surface area contributed by atoms with Crippen LogP contribution in [0.25, 0.3) is 22.6 Å². The molecular formula is C19H19N3O5. The minimum absolute atomic E-state index is 0.181. The Labute approximate surface area is 155 Å². The normalized spacial score (nSPS) is 15.3. The molecule has 0 radical (unpaired) electrons. The van der Waals surface area contributed by atoms with E-state index in [0.29, 0.717) is 35.6 Å². The molecule has 4 rings (SSSR count). The molecule has 0 aromatic carbocycles. The van der Waals surface area contributed by atoms with Gasteiger partial charge in [0.05, 0.1) is 22.9 Å². The lowest BCUT2D eigenvalue weighted by atomic mass is 10.1. The molecule has 140 valence electrons. The van der Waals surface area contributed by atoms with Gasteiger partial charge in [-0.3, -0.25) is 4.79 Å². The number of esters is 1. The average molecular weight is 369 g/mol. The zero-order valence-electron chi connectivity index (χ0n) is 15.1. The summed E-state index contributed by atoms with van der Waals surface area (Å²) in [5.74, 6) is -0.317. The van der Waals surface area contributed by atoms with Gasteiger partial charge in [-0.25, -0.2) is 9.78 Å². The fourth-order valence-corrected chi connectivity index (χ4v) is 3.28. The number of hydrogen-bond acceptors (Lipinski definition) is 7. The van der Waals surface area contributed by atoms with Crippen molar-refractivity contribution >= 4 is 23.0 Å². The van der Waals surface area contributed by atoms with Crippen LogP contribution in [0.4, 0.5) is 0 Å². The highest BCUT2D eigenvalue weighted by atomic mass is 16.5. The highest BCUT2D eigenvalue weighted by Gasteiger charge is 2.28. The van der Waals surface area contributed by atoms with E-state index in [2.05, 4.69) is 10.1 Å². The van der Waals surface area contributed by atoms with Crippen LogP contribution in [0, 0.1) is 6.92 Å². The Kier molecular flexibility index (Phi) is 4.39. The van der Waals surface area contributed by atoms with Crippen LogP contribution >= 0.6 is 0 Å². The second-order valence-corrected chi connectivity index (χ2v) is 6.56. The predicted octanol–water partition coefficient (Wildman–Crippen LogP) is 2.96. The van der Waals surface area contributed by atoms with Crippen LogP contribution in [0.5, 0.6) is 0 Å². The standard InChI is InChI=1S/C19H19N3O5/c1-11-16-13(19(24)26-12(2)18(23)22-7-3-4-8-22)10-14(15-6-5-9-25-15)20-17(16)27-21-11/h5-6,9-10,12H,3-4,7-8H2,1-2H3. The van der Waals surface area contributed by atoms with Gasteiger partial charge in [-0.2, -0.15) is 0 Å². The van der Waals surface area contributed by atoms with E-state index >= 15 is 0 Å². The number of rotatable bonds is 4. The summed E-state index contributed by atoms with van der Waals surface area (Å²) in [5.41, 5.74) is 1.40. The molecule has 8 heteroatoms. The van der Waals surface area contributed by atoms with Crippen molar-refractivity contribution in [3.05, 3.63) is 35.7 Å². The number of likely N-dealkylation sites (tertiary alicyclic amines) is 1. The molecule has 0 spiro atoms. The maximum Gasteiger partial charge on any atom is 0.339 e. The Morgan fingerprint density at radius 2 is 2.07 bits per heavy atom. The third kappa shape index (κ3) is 3.18. The molecule has 0 N–H and O–H groups in total. The number of pyridine rings is 1. The first-order chi connectivity index (χ1) is 13.0. The minimum atomic E-state index is -0.869. The molecule has 1 aliphatic rings. The van der Waals surface area contributed by atoms with Crippen LogP contribution in [0.1, 0.15) is 35.8 Å². The molecular weight excluding hydrogens is 350 g/mol. The van der Waals surface area contributed by atoms with Crippen molar-refractivity contribution in [3.63, 3.8) is 0 Å². The molecule has 1 amide bonds. The van der Waals surface area contributed by atoms with Gasteiger partial charge in [0.1, 0.15) is 5.69 Å². The fraction of sp³-hybridized carbons (Fsp3) is 0.368. The average Bonchev–Trinajstić information content (AvgIpc) is 3.42. The van der Waals surface area contributed by atoms with Gasteiger partial charge in [0.25, 0.3) is 11.6 Å². The molecule has 0 bridgehead atoms. The first-order valence-corrected chi connectivity index (χ1v) is 8.85. The second kappa shape index (κ2) is 6.86. The van der Waals surface area contributed by atoms with E-state index in [4.69, 9.17) is 13.7 Å². The van der Waals surface area contributed by atoms with E-state index in [-0.39, 0.29) is 17.2 Å². The molecule has 1 fully saturated rings. The van der Waals surface area contributed by atoms with Crippen LogP contribution in [0.2, 0.25) is 0 Å². The summed E-state index contributed by atoms with van der Waals surface area (Å²) in [6.07, 6.45) is 2.60. The molecule has 1 saturated heterocycles. The number of fused-ring (bicyclic) bond motifs is 1. The van der Waals surface area contributed by atoms with Crippen LogP contribution in [-0.4, -0.2) is 46.1 Å². The largest absolute Gasteiger partial charge is 0.463 e. The number of aryl methyl sites for hydroxylation is 1. The van der Waals surface area contributed by atoms with Gasteiger partial charge in [-0.1, -0.05) is 5.16 Å². The Balaban J connectivity index is 1.66. The Morgan fingerprint density at radius 1 is 1.30 bits per heavy atom. The highest BCUT2D eigenvalue weighted by Crippen LogP contribution is 2.28. The molecule has 27 heavy (non-hydrogen) atoms. The van der Waals surface area contributed by atoms with Gasteiger partial charge in [-0.05, 0) is 44.9 Å². The second-order valence-electron chi connectivity index (χ2n) is 6.56. The predicted molar refractivity (Wildman–Crippen MR) is 94.9 cm³/mol. The van der Waals surface area contributed by atoms with E-state index in [1.54, 1.807) is 36.9 Å². The molecule has 1 aliphatic heterocycles. The van der Waals surface area contributed by atoms with Gasteiger partial charge in [0, 0.05) is 13.1 Å². The number of nitrogens with zero attached hydrogens (tertiary/aromatic N) is 3. The third-order valence-corrected chi connectivity index (χ3v) is 4.66. The van der Waals surface area contributed by atoms with Gasteiger partial charge in [-0.15, -0.1) is 0 Å². The summed E-state index contributed by atoms with van der Waals surface area (Å²) in [7, 11) is 0. The number of furan rings is 1. The molecule has 0 aliphatic carbocycles. The lowest BCUT2D eigenvalue weighted by Crippen LogP contribution is -2.38. The molecule has 4 heterocycles. The first kappa shape index (κ1) is 17.3. The SMILES string of the molecule is Cc1noc2nc(-c3ccco3)cc(C(=O)OC(C)C(=O)N3CCCC3)c12. The number of hydrogen-bond donors (Lipinski definition) is 0. The van der Waals surface area contributed by atoms with Crippen molar-refractivity contribution in [3.8, 4) is 11.5 Å². The molecule has 3 aromatic rings. The number of amides is 1. The number of carbonyl (C=O) groups is 2. The van der Waals surface area contributed by atoms with Crippen molar-refractivity contribution in [1.82, 2.24) is 15.0 Å². The van der Waals surface area contributed by atoms with E-state index in [1.165, 1.54) is 6.26 Å². The van der Waals surface area contributed by atoms with Crippen molar-refractivity contribution in [1.29, 1.82) is 0 Å². The number of ether oxygens (including phenoxy) is 1. The molecule has 8 nitrogen and oxygen atoms in total. The lowest BCUT2D eigenvalue weighted by molar-refractivity contribution is -0.138. The van der Waals surface area contributed by atoms with Gasteiger partial charge in [0.2, 0.25) is 0 Å². The summed E-state index contributed by atoms with van der Waals surface area (Å²) in [6, 6.07) is 5.02. The van der Waals surface area contributed by atoms with Crippen molar-refractivity contribution in [2.45, 2.75) is 32.8 Å². The molecule has 3 aromatic heterocycles. The lowest BCUT2D eigenvalue weighted by Gasteiger charge is -2.20. The molecule has 1 unspecified atom stereocenters. The summed E-state index contributed by atoms with van der Waals surface area (Å²) in [6.45, 7) is 4.71. The fourth-order valence-electron chi connectivity index (χ4n) is 3.28. The van der Waals surface area contributed by atoms with Crippen LogP contribution in [-0.2, 0) is 9.53 Å². The van der Waals surface area contributed by atoms with Gasteiger partial charge in [0.15, 0.2) is 11.9 Å². The van der Waals surface area contributed by atoms with Crippen LogP contribution in [0.15, 0.2) is 33.4 Å². The quantitative estimate of drug-likeness (QED) is 0.652. The Morgan fingerprint density at radius 3 is 2.78 bits per heavy atom. The summed E-state index contributed by atoms with van der Waals surface area (Å²) >= 11 is 0. The first-order valence-electron chi connectivity index (χ1n) is 8.85. The Bertz CT molecular complexity index is 986. The smallest absolute Gasteiger partial charge is 0.339 e. The van der Waals surface area contributed by atoms with Crippen LogP contribution < -0.4 is 0 Å². The van der Waals surface area contributed by atoms with Crippen molar-refractivity contribution in [2.24, 2.45) is 0 Å². The van der Waals surface area contributed by atoms with Gasteiger partial charge < -0.3 is 18.6 Å². The van der Waals surface area contributed by atoms with Gasteiger partial charge >= 0.3 is 5.97 Å². The maximum atomic E-state index is 12.8. The van der Waals surface area contributed by atoms with Crippen molar-refractivity contribution < 1.29 is 23.3 Å².